The lowest BCUT2D eigenvalue weighted by atomic mass is 10.2. The Morgan fingerprint density at radius 1 is 1.43 bits per heavy atom. The summed E-state index contributed by atoms with van der Waals surface area (Å²) in [6.45, 7) is 3.74. The normalized spacial score (nSPS) is 17.2. The fraction of sp³-hybridized carbons (Fsp3) is 0.412. The van der Waals surface area contributed by atoms with Gasteiger partial charge in [0.15, 0.2) is 0 Å². The maximum atomic E-state index is 11.9. The lowest BCUT2D eigenvalue weighted by Gasteiger charge is -2.11. The molecule has 3 rings (SSSR count). The first-order chi connectivity index (χ1) is 11.2. The smallest absolute Gasteiger partial charge is 0.272 e. The minimum absolute atomic E-state index is 0.187. The molecule has 1 atom stereocenters. The number of nitrogens with one attached hydrogen (secondary N) is 2. The van der Waals surface area contributed by atoms with Crippen LogP contribution in [0, 0.1) is 6.92 Å². The topological polar surface area (TPSA) is 76.2 Å². The van der Waals surface area contributed by atoms with Crippen molar-refractivity contribution in [3.8, 4) is 5.75 Å². The first kappa shape index (κ1) is 15.6. The van der Waals surface area contributed by atoms with E-state index in [9.17, 15) is 4.79 Å². The second kappa shape index (κ2) is 7.28. The van der Waals surface area contributed by atoms with Crippen molar-refractivity contribution < 1.29 is 14.3 Å². The van der Waals surface area contributed by atoms with Gasteiger partial charge in [0.25, 0.3) is 5.91 Å². The fourth-order valence-electron chi connectivity index (χ4n) is 2.48. The van der Waals surface area contributed by atoms with Crippen LogP contribution in [0.15, 0.2) is 30.3 Å². The van der Waals surface area contributed by atoms with Gasteiger partial charge in [-0.3, -0.25) is 9.89 Å². The number of carbonyl (C=O) groups is 1. The van der Waals surface area contributed by atoms with Gasteiger partial charge in [-0.25, -0.2) is 0 Å². The summed E-state index contributed by atoms with van der Waals surface area (Å²) in [5, 5.41) is 9.53. The fourth-order valence-corrected chi connectivity index (χ4v) is 2.48. The predicted molar refractivity (Wildman–Crippen MR) is 85.4 cm³/mol. The lowest BCUT2D eigenvalue weighted by molar-refractivity contribution is 0.0679. The predicted octanol–water partition coefficient (Wildman–Crippen LogP) is 2.21. The Balaban J connectivity index is 1.46. The van der Waals surface area contributed by atoms with E-state index in [4.69, 9.17) is 9.47 Å². The highest BCUT2D eigenvalue weighted by molar-refractivity contribution is 5.92. The zero-order valence-electron chi connectivity index (χ0n) is 13.2. The van der Waals surface area contributed by atoms with E-state index in [0.29, 0.717) is 18.8 Å². The third-order valence-corrected chi connectivity index (χ3v) is 3.77. The molecule has 1 aliphatic rings. The van der Waals surface area contributed by atoms with Crippen LogP contribution in [0.25, 0.3) is 0 Å². The van der Waals surface area contributed by atoms with Gasteiger partial charge in [-0.2, -0.15) is 5.10 Å². The van der Waals surface area contributed by atoms with Crippen LogP contribution < -0.4 is 10.1 Å². The highest BCUT2D eigenvalue weighted by Crippen LogP contribution is 2.16. The van der Waals surface area contributed by atoms with Crippen molar-refractivity contribution in [3.63, 3.8) is 0 Å². The number of ether oxygens (including phenoxy) is 2. The van der Waals surface area contributed by atoms with Gasteiger partial charge in [0.2, 0.25) is 0 Å². The van der Waals surface area contributed by atoms with Crippen molar-refractivity contribution >= 4 is 5.91 Å². The Morgan fingerprint density at radius 2 is 2.26 bits per heavy atom. The van der Waals surface area contributed by atoms with Gasteiger partial charge < -0.3 is 14.8 Å². The first-order valence-corrected chi connectivity index (χ1v) is 7.84. The second-order valence-corrected chi connectivity index (χ2v) is 5.71. The molecular weight excluding hydrogens is 294 g/mol. The first-order valence-electron chi connectivity index (χ1n) is 7.84. The minimum atomic E-state index is -0.187. The van der Waals surface area contributed by atoms with Crippen LogP contribution in [0.1, 0.15) is 34.6 Å². The highest BCUT2D eigenvalue weighted by Gasteiger charge is 2.15. The Labute approximate surface area is 135 Å². The van der Waals surface area contributed by atoms with Crippen molar-refractivity contribution in [2.24, 2.45) is 0 Å². The van der Waals surface area contributed by atoms with Crippen LogP contribution in [-0.4, -0.2) is 35.4 Å². The molecule has 1 saturated heterocycles. The molecule has 1 aliphatic heterocycles. The molecule has 0 saturated carbocycles. The molecule has 0 aliphatic carbocycles. The number of rotatable bonds is 6. The van der Waals surface area contributed by atoms with E-state index >= 15 is 0 Å². The van der Waals surface area contributed by atoms with E-state index in [0.717, 1.165) is 36.5 Å². The van der Waals surface area contributed by atoms with E-state index in [-0.39, 0.29) is 12.0 Å². The van der Waals surface area contributed by atoms with Crippen LogP contribution >= 0.6 is 0 Å². The number of hydrogen-bond donors (Lipinski definition) is 2. The van der Waals surface area contributed by atoms with Gasteiger partial charge in [-0.05, 0) is 43.5 Å². The van der Waals surface area contributed by atoms with Gasteiger partial charge in [-0.1, -0.05) is 12.1 Å². The quantitative estimate of drug-likeness (QED) is 0.857. The maximum absolute atomic E-state index is 11.9. The van der Waals surface area contributed by atoms with Crippen molar-refractivity contribution in [1.82, 2.24) is 15.5 Å². The molecule has 1 aromatic heterocycles. The van der Waals surface area contributed by atoms with Crippen molar-refractivity contribution in [2.75, 3.05) is 13.2 Å². The Hall–Kier alpha value is -2.34. The van der Waals surface area contributed by atoms with Crippen LogP contribution in [0.3, 0.4) is 0 Å². The molecule has 2 aromatic rings. The summed E-state index contributed by atoms with van der Waals surface area (Å²) in [6.07, 6.45) is 2.39. The van der Waals surface area contributed by atoms with Crippen molar-refractivity contribution in [1.29, 1.82) is 0 Å². The molecule has 6 nitrogen and oxygen atoms in total. The molecule has 1 amide bonds. The van der Waals surface area contributed by atoms with Gasteiger partial charge in [0, 0.05) is 18.8 Å². The van der Waals surface area contributed by atoms with Crippen molar-refractivity contribution in [2.45, 2.75) is 32.4 Å². The molecule has 23 heavy (non-hydrogen) atoms. The summed E-state index contributed by atoms with van der Waals surface area (Å²) < 4.78 is 11.2. The van der Waals surface area contributed by atoms with Crippen LogP contribution in [0.5, 0.6) is 5.75 Å². The molecule has 122 valence electrons. The molecular formula is C17H21N3O3. The number of aryl methyl sites for hydroxylation is 1. The monoisotopic (exact) mass is 315 g/mol. The molecule has 2 N–H and O–H groups in total. The lowest BCUT2D eigenvalue weighted by Crippen LogP contribution is -2.23. The summed E-state index contributed by atoms with van der Waals surface area (Å²) in [6, 6.07) is 9.43. The minimum Gasteiger partial charge on any atom is -0.491 e. The number of aromatic nitrogens is 2. The summed E-state index contributed by atoms with van der Waals surface area (Å²) in [7, 11) is 0. The maximum Gasteiger partial charge on any atom is 0.272 e. The van der Waals surface area contributed by atoms with E-state index in [1.54, 1.807) is 6.07 Å². The van der Waals surface area contributed by atoms with Gasteiger partial charge in [0.05, 0.1) is 6.10 Å². The Kier molecular flexibility index (Phi) is 4.92. The number of H-pyrrole nitrogens is 1. The Morgan fingerprint density at radius 3 is 2.91 bits per heavy atom. The largest absolute Gasteiger partial charge is 0.491 e. The summed E-state index contributed by atoms with van der Waals surface area (Å²) >= 11 is 0. The van der Waals surface area contributed by atoms with Crippen molar-refractivity contribution in [3.05, 3.63) is 47.3 Å². The number of amides is 1. The molecule has 0 radical (unpaired) electrons. The molecule has 1 aromatic carbocycles. The number of nitrogens with zero attached hydrogens (tertiary/aromatic N) is 1. The molecule has 2 heterocycles. The zero-order valence-corrected chi connectivity index (χ0v) is 13.2. The summed E-state index contributed by atoms with van der Waals surface area (Å²) in [5.74, 6) is 0.631. The van der Waals surface area contributed by atoms with Gasteiger partial charge in [0.1, 0.15) is 18.1 Å². The third kappa shape index (κ3) is 4.32. The van der Waals surface area contributed by atoms with Crippen LogP contribution in [0.2, 0.25) is 0 Å². The average Bonchev–Trinajstić information content (AvgIpc) is 3.23. The molecule has 0 bridgehead atoms. The van der Waals surface area contributed by atoms with Gasteiger partial charge >= 0.3 is 0 Å². The molecule has 1 fully saturated rings. The van der Waals surface area contributed by atoms with E-state index < -0.39 is 0 Å². The SMILES string of the molecule is Cc1cc(C(=O)NCc2ccc(OCC3CCCO3)cc2)n[nH]1. The van der Waals surface area contributed by atoms with E-state index in [1.165, 1.54) is 0 Å². The van der Waals surface area contributed by atoms with Gasteiger partial charge in [-0.15, -0.1) is 0 Å². The Bertz CT molecular complexity index is 645. The number of hydrogen-bond acceptors (Lipinski definition) is 4. The highest BCUT2D eigenvalue weighted by atomic mass is 16.5. The molecule has 0 spiro atoms. The molecule has 6 heteroatoms. The molecule has 1 unspecified atom stereocenters. The number of aromatic amines is 1. The standard InChI is InChI=1S/C17H21N3O3/c1-12-9-16(20-19-12)17(21)18-10-13-4-6-14(7-5-13)23-11-15-3-2-8-22-15/h4-7,9,15H,2-3,8,10-11H2,1H3,(H,18,21)(H,19,20). The number of benzene rings is 1. The summed E-state index contributed by atoms with van der Waals surface area (Å²) in [4.78, 5) is 11.9. The average molecular weight is 315 g/mol. The third-order valence-electron chi connectivity index (χ3n) is 3.77. The second-order valence-electron chi connectivity index (χ2n) is 5.71. The zero-order chi connectivity index (χ0) is 16.1. The van der Waals surface area contributed by atoms with Crippen LogP contribution in [0.4, 0.5) is 0 Å². The van der Waals surface area contributed by atoms with E-state index in [2.05, 4.69) is 15.5 Å². The van der Waals surface area contributed by atoms with E-state index in [1.807, 2.05) is 31.2 Å². The number of carbonyl (C=O) groups excluding carboxylic acids is 1. The van der Waals surface area contributed by atoms with Crippen LogP contribution in [-0.2, 0) is 11.3 Å². The summed E-state index contributed by atoms with van der Waals surface area (Å²) in [5.41, 5.74) is 2.27.